The summed E-state index contributed by atoms with van der Waals surface area (Å²) in [5.74, 6) is 0.477. The molecule has 5 aromatic rings. The Morgan fingerprint density at radius 1 is 1.11 bits per heavy atom. The van der Waals surface area contributed by atoms with Gasteiger partial charge in [0.25, 0.3) is 5.91 Å². The van der Waals surface area contributed by atoms with Crippen LogP contribution in [0.15, 0.2) is 53.7 Å². The second-order valence-corrected chi connectivity index (χ2v) is 6.33. The number of amides is 1. The van der Waals surface area contributed by atoms with Crippen LogP contribution in [-0.2, 0) is 0 Å². The second kappa shape index (κ2) is 5.95. The molecule has 9 heteroatoms. The van der Waals surface area contributed by atoms with Crippen LogP contribution in [0.4, 0.5) is 0 Å². The van der Waals surface area contributed by atoms with E-state index in [1.165, 1.54) is 0 Å². The van der Waals surface area contributed by atoms with Gasteiger partial charge in [0.1, 0.15) is 5.69 Å². The largest absolute Gasteiger partial charge is 0.355 e. The highest BCUT2D eigenvalue weighted by Gasteiger charge is 2.17. The van der Waals surface area contributed by atoms with Crippen LogP contribution in [-0.4, -0.2) is 42.4 Å². The van der Waals surface area contributed by atoms with Crippen LogP contribution in [0.5, 0.6) is 0 Å². The number of carbonyl (C=O) groups is 1. The van der Waals surface area contributed by atoms with Crippen LogP contribution in [0.2, 0.25) is 0 Å². The fraction of sp³-hybridized carbons (Fsp3) is 0.0526. The van der Waals surface area contributed by atoms with Crippen molar-refractivity contribution in [2.45, 2.75) is 0 Å². The maximum atomic E-state index is 12.0. The van der Waals surface area contributed by atoms with Crippen molar-refractivity contribution in [1.82, 2.24) is 34.8 Å². The van der Waals surface area contributed by atoms with Gasteiger partial charge in [-0.15, -0.1) is 0 Å². The number of benzene rings is 2. The molecule has 0 aliphatic rings. The van der Waals surface area contributed by atoms with Crippen molar-refractivity contribution in [3.63, 3.8) is 0 Å². The molecule has 2 aromatic carbocycles. The highest BCUT2D eigenvalue weighted by atomic mass is 16.1. The lowest BCUT2D eigenvalue weighted by Crippen LogP contribution is -2.17. The van der Waals surface area contributed by atoms with Gasteiger partial charge in [-0.05, 0) is 36.4 Å². The molecule has 28 heavy (non-hydrogen) atoms. The molecule has 3 heterocycles. The summed E-state index contributed by atoms with van der Waals surface area (Å²) in [5, 5.41) is 2.62. The first-order chi connectivity index (χ1) is 13.6. The molecule has 138 valence electrons. The van der Waals surface area contributed by atoms with E-state index >= 15 is 0 Å². The molecule has 0 saturated carbocycles. The molecule has 0 saturated heterocycles. The van der Waals surface area contributed by atoms with Crippen LogP contribution in [0.25, 0.3) is 39.3 Å². The summed E-state index contributed by atoms with van der Waals surface area (Å²) in [6.45, 7) is 0. The Hall–Kier alpha value is -4.14. The zero-order valence-electron chi connectivity index (χ0n) is 14.8. The monoisotopic (exact) mass is 373 g/mol. The fourth-order valence-corrected chi connectivity index (χ4v) is 3.35. The Morgan fingerprint density at radius 3 is 2.75 bits per heavy atom. The Balaban J connectivity index is 1.80. The van der Waals surface area contributed by atoms with E-state index in [2.05, 4.69) is 25.3 Å². The molecule has 0 fully saturated rings. The van der Waals surface area contributed by atoms with Gasteiger partial charge in [-0.3, -0.25) is 9.36 Å². The van der Waals surface area contributed by atoms with Gasteiger partial charge in [0.05, 0.1) is 34.6 Å². The zero-order chi connectivity index (χ0) is 19.3. The molecule has 4 N–H and O–H groups in total. The third-order valence-corrected chi connectivity index (χ3v) is 4.64. The summed E-state index contributed by atoms with van der Waals surface area (Å²) in [6, 6.07) is 11.0. The van der Waals surface area contributed by atoms with E-state index in [1.807, 2.05) is 28.8 Å². The first-order valence-electron chi connectivity index (χ1n) is 8.60. The van der Waals surface area contributed by atoms with Crippen LogP contribution in [0.1, 0.15) is 10.4 Å². The van der Waals surface area contributed by atoms with Crippen molar-refractivity contribution < 1.29 is 4.79 Å². The van der Waals surface area contributed by atoms with Crippen molar-refractivity contribution in [1.29, 1.82) is 0 Å². The summed E-state index contributed by atoms with van der Waals surface area (Å²) >= 11 is 0. The Kier molecular flexibility index (Phi) is 3.41. The number of H-pyrrole nitrogens is 3. The van der Waals surface area contributed by atoms with Crippen LogP contribution in [0.3, 0.4) is 0 Å². The molecule has 0 unspecified atom stereocenters. The van der Waals surface area contributed by atoms with Gasteiger partial charge >= 0.3 is 5.69 Å². The average Bonchev–Trinajstić information content (AvgIpc) is 3.42. The summed E-state index contributed by atoms with van der Waals surface area (Å²) < 4.78 is 1.96. The minimum Gasteiger partial charge on any atom is -0.355 e. The number of nitrogens with one attached hydrogen (secondary N) is 4. The molecule has 0 radical (unpaired) electrons. The van der Waals surface area contributed by atoms with Crippen molar-refractivity contribution in [2.75, 3.05) is 7.05 Å². The molecule has 9 nitrogen and oxygen atoms in total. The van der Waals surface area contributed by atoms with Gasteiger partial charge in [0.2, 0.25) is 0 Å². The Labute approximate surface area is 157 Å². The standard InChI is InChI=1S/C19H15N7O2/c1-20-18(27)10-2-5-16-14(6-10)23-17(15-8-21-9-22-15)26(16)11-3-4-12-13(7-11)25-19(28)24-12/h2-9H,1H3,(H,20,27)(H,21,22)(H2,24,25,28). The second-order valence-electron chi connectivity index (χ2n) is 6.33. The normalized spacial score (nSPS) is 11.3. The number of hydrogen-bond donors (Lipinski definition) is 4. The summed E-state index contributed by atoms with van der Waals surface area (Å²) in [5.41, 5.74) is 4.75. The highest BCUT2D eigenvalue weighted by molar-refractivity contribution is 5.98. The van der Waals surface area contributed by atoms with Crippen molar-refractivity contribution in [2.24, 2.45) is 0 Å². The lowest BCUT2D eigenvalue weighted by Gasteiger charge is -2.09. The Bertz CT molecular complexity index is 1390. The lowest BCUT2D eigenvalue weighted by molar-refractivity contribution is 0.0963. The number of fused-ring (bicyclic) bond motifs is 2. The zero-order valence-corrected chi connectivity index (χ0v) is 14.8. The highest BCUT2D eigenvalue weighted by Crippen LogP contribution is 2.29. The SMILES string of the molecule is CNC(=O)c1ccc2c(c1)nc(-c1cnc[nH]1)n2-c1ccc2[nH]c(=O)[nH]c2c1. The van der Waals surface area contributed by atoms with Gasteiger partial charge in [-0.1, -0.05) is 0 Å². The smallest absolute Gasteiger partial charge is 0.323 e. The van der Waals surface area contributed by atoms with Gasteiger partial charge in [-0.25, -0.2) is 14.8 Å². The topological polar surface area (TPSA) is 124 Å². The van der Waals surface area contributed by atoms with Gasteiger partial charge in [0, 0.05) is 18.3 Å². The predicted octanol–water partition coefficient (Wildman–Crippen LogP) is 1.94. The Morgan fingerprint density at radius 2 is 1.96 bits per heavy atom. The number of rotatable bonds is 3. The molecule has 1 amide bonds. The number of carbonyl (C=O) groups excluding carboxylic acids is 1. The molecular weight excluding hydrogens is 358 g/mol. The fourth-order valence-electron chi connectivity index (χ4n) is 3.35. The number of hydrogen-bond acceptors (Lipinski definition) is 4. The quantitative estimate of drug-likeness (QED) is 0.386. The molecule has 0 aliphatic carbocycles. The van der Waals surface area contributed by atoms with Crippen LogP contribution >= 0.6 is 0 Å². The van der Waals surface area contributed by atoms with Gasteiger partial charge < -0.3 is 20.3 Å². The van der Waals surface area contributed by atoms with E-state index < -0.39 is 0 Å². The van der Waals surface area contributed by atoms with E-state index in [-0.39, 0.29) is 11.6 Å². The van der Waals surface area contributed by atoms with E-state index in [4.69, 9.17) is 4.98 Å². The molecule has 0 aliphatic heterocycles. The molecule has 0 atom stereocenters. The molecular formula is C19H15N7O2. The van der Waals surface area contributed by atoms with Gasteiger partial charge in [0.15, 0.2) is 5.82 Å². The molecule has 3 aromatic heterocycles. The van der Waals surface area contributed by atoms with Crippen LogP contribution < -0.4 is 11.0 Å². The van der Waals surface area contributed by atoms with Crippen LogP contribution in [0, 0.1) is 0 Å². The number of nitrogens with zero attached hydrogens (tertiary/aromatic N) is 3. The predicted molar refractivity (Wildman–Crippen MR) is 105 cm³/mol. The minimum atomic E-state index is -0.258. The minimum absolute atomic E-state index is 0.175. The summed E-state index contributed by atoms with van der Waals surface area (Å²) in [6.07, 6.45) is 3.27. The van der Waals surface area contributed by atoms with Crippen molar-refractivity contribution in [3.05, 3.63) is 65.0 Å². The third-order valence-electron chi connectivity index (χ3n) is 4.64. The molecule has 0 bridgehead atoms. The number of aromatic amines is 3. The van der Waals surface area contributed by atoms with E-state index in [0.717, 1.165) is 22.4 Å². The first kappa shape index (κ1) is 16.1. The molecule has 0 spiro atoms. The first-order valence-corrected chi connectivity index (χ1v) is 8.60. The van der Waals surface area contributed by atoms with Crippen molar-refractivity contribution in [3.8, 4) is 17.2 Å². The van der Waals surface area contributed by atoms with E-state index in [1.54, 1.807) is 31.7 Å². The average molecular weight is 373 g/mol. The lowest BCUT2D eigenvalue weighted by atomic mass is 10.2. The number of aromatic nitrogens is 6. The molecule has 5 rings (SSSR count). The third kappa shape index (κ3) is 2.41. The summed E-state index contributed by atoms with van der Waals surface area (Å²) in [7, 11) is 1.59. The maximum absolute atomic E-state index is 12.0. The van der Waals surface area contributed by atoms with Gasteiger partial charge in [-0.2, -0.15) is 0 Å². The summed E-state index contributed by atoms with van der Waals surface area (Å²) in [4.78, 5) is 41.0. The number of imidazole rings is 3. The van der Waals surface area contributed by atoms with E-state index in [9.17, 15) is 9.59 Å². The van der Waals surface area contributed by atoms with E-state index in [0.29, 0.717) is 22.4 Å². The maximum Gasteiger partial charge on any atom is 0.323 e. The van der Waals surface area contributed by atoms with Crippen molar-refractivity contribution >= 4 is 28.0 Å².